The molecule has 1 N–H and O–H groups in total. The van der Waals surface area contributed by atoms with Crippen LogP contribution in [0.5, 0.6) is 0 Å². The van der Waals surface area contributed by atoms with Crippen LogP contribution in [0.4, 0.5) is 5.69 Å². The fourth-order valence-electron chi connectivity index (χ4n) is 1.66. The van der Waals surface area contributed by atoms with Crippen LogP contribution < -0.4 is 5.32 Å². The number of anilines is 1. The van der Waals surface area contributed by atoms with E-state index in [1.807, 2.05) is 13.8 Å². The second kappa shape index (κ2) is 4.44. The molecule has 0 aliphatic carbocycles. The van der Waals surface area contributed by atoms with Gasteiger partial charge in [0.25, 0.3) is 0 Å². The molecule has 0 atom stereocenters. The van der Waals surface area contributed by atoms with Gasteiger partial charge in [0.15, 0.2) is 5.79 Å². The van der Waals surface area contributed by atoms with Crippen molar-refractivity contribution in [1.82, 2.24) is 0 Å². The van der Waals surface area contributed by atoms with E-state index in [2.05, 4.69) is 36.5 Å². The van der Waals surface area contributed by atoms with Gasteiger partial charge in [-0.15, -0.1) is 0 Å². The highest BCUT2D eigenvalue weighted by molar-refractivity contribution is 5.45. The third-order valence-corrected chi connectivity index (χ3v) is 2.69. The summed E-state index contributed by atoms with van der Waals surface area (Å²) in [5.41, 5.74) is 2.38. The number of hydrogen-bond donors (Lipinski definition) is 1. The zero-order valence-corrected chi connectivity index (χ0v) is 10.1. The zero-order valence-electron chi connectivity index (χ0n) is 10.1. The first-order valence-corrected chi connectivity index (χ1v) is 5.66. The Morgan fingerprint density at radius 1 is 1.12 bits per heavy atom. The summed E-state index contributed by atoms with van der Waals surface area (Å²) in [7, 11) is 0. The van der Waals surface area contributed by atoms with Crippen LogP contribution in [0.25, 0.3) is 0 Å². The third-order valence-electron chi connectivity index (χ3n) is 2.69. The maximum absolute atomic E-state index is 5.59. The van der Waals surface area contributed by atoms with Crippen LogP contribution in [0.3, 0.4) is 0 Å². The molecule has 1 heterocycles. The van der Waals surface area contributed by atoms with Crippen LogP contribution in [0, 0.1) is 6.92 Å². The quantitative estimate of drug-likeness (QED) is 0.832. The van der Waals surface area contributed by atoms with Gasteiger partial charge in [0.1, 0.15) is 0 Å². The molecule has 0 radical (unpaired) electrons. The Labute approximate surface area is 96.8 Å². The number of hydrogen-bond acceptors (Lipinski definition) is 3. The monoisotopic (exact) mass is 221 g/mol. The van der Waals surface area contributed by atoms with Crippen molar-refractivity contribution in [3.63, 3.8) is 0 Å². The lowest BCUT2D eigenvalue weighted by molar-refractivity contribution is -0.247. The SMILES string of the molecule is Cc1ccc(NC2COC(C)(C)OC2)cc1. The highest BCUT2D eigenvalue weighted by Gasteiger charge is 2.27. The molecule has 3 nitrogen and oxygen atoms in total. The first kappa shape index (κ1) is 11.4. The van der Waals surface area contributed by atoms with Crippen LogP contribution in [0.15, 0.2) is 24.3 Å². The topological polar surface area (TPSA) is 30.5 Å². The second-order valence-electron chi connectivity index (χ2n) is 4.73. The average Bonchev–Trinajstić information content (AvgIpc) is 2.24. The van der Waals surface area contributed by atoms with Gasteiger partial charge in [0, 0.05) is 5.69 Å². The molecular formula is C13H19NO2. The Morgan fingerprint density at radius 2 is 1.69 bits per heavy atom. The summed E-state index contributed by atoms with van der Waals surface area (Å²) >= 11 is 0. The number of benzene rings is 1. The van der Waals surface area contributed by atoms with Crippen molar-refractivity contribution in [2.45, 2.75) is 32.6 Å². The number of ether oxygens (including phenoxy) is 2. The van der Waals surface area contributed by atoms with E-state index in [0.717, 1.165) is 5.69 Å². The molecule has 0 bridgehead atoms. The van der Waals surface area contributed by atoms with Gasteiger partial charge in [0.05, 0.1) is 19.3 Å². The van der Waals surface area contributed by atoms with E-state index in [-0.39, 0.29) is 6.04 Å². The van der Waals surface area contributed by atoms with Gasteiger partial charge in [-0.3, -0.25) is 0 Å². The maximum atomic E-state index is 5.59. The lowest BCUT2D eigenvalue weighted by atomic mass is 10.2. The van der Waals surface area contributed by atoms with E-state index in [9.17, 15) is 0 Å². The van der Waals surface area contributed by atoms with Gasteiger partial charge >= 0.3 is 0 Å². The summed E-state index contributed by atoms with van der Waals surface area (Å²) in [6, 6.07) is 8.58. The van der Waals surface area contributed by atoms with Crippen molar-refractivity contribution in [3.8, 4) is 0 Å². The minimum atomic E-state index is -0.439. The summed E-state index contributed by atoms with van der Waals surface area (Å²) in [6.45, 7) is 7.32. The molecular weight excluding hydrogens is 202 g/mol. The third kappa shape index (κ3) is 2.97. The summed E-state index contributed by atoms with van der Waals surface area (Å²) < 4.78 is 11.2. The summed E-state index contributed by atoms with van der Waals surface area (Å²) in [6.07, 6.45) is 0. The number of nitrogens with one attached hydrogen (secondary N) is 1. The smallest absolute Gasteiger partial charge is 0.162 e. The Bertz CT molecular complexity index is 335. The average molecular weight is 221 g/mol. The van der Waals surface area contributed by atoms with Crippen LogP contribution in [-0.4, -0.2) is 25.0 Å². The molecule has 16 heavy (non-hydrogen) atoms. The molecule has 88 valence electrons. The molecule has 3 heteroatoms. The van der Waals surface area contributed by atoms with E-state index in [1.54, 1.807) is 0 Å². The van der Waals surface area contributed by atoms with Crippen LogP contribution >= 0.6 is 0 Å². The summed E-state index contributed by atoms with van der Waals surface area (Å²) in [5.74, 6) is -0.439. The van der Waals surface area contributed by atoms with Crippen molar-refractivity contribution >= 4 is 5.69 Å². The van der Waals surface area contributed by atoms with Crippen LogP contribution in [0.1, 0.15) is 19.4 Å². The van der Waals surface area contributed by atoms with Gasteiger partial charge < -0.3 is 14.8 Å². The standard InChI is InChI=1S/C13H19NO2/c1-10-4-6-11(7-5-10)14-12-8-15-13(2,3)16-9-12/h4-7,12,14H,8-9H2,1-3H3. The molecule has 0 saturated carbocycles. The highest BCUT2D eigenvalue weighted by Crippen LogP contribution is 2.19. The molecule has 1 aromatic rings. The minimum Gasteiger partial charge on any atom is -0.378 e. The molecule has 1 aliphatic heterocycles. The van der Waals surface area contributed by atoms with Gasteiger partial charge in [-0.1, -0.05) is 17.7 Å². The van der Waals surface area contributed by atoms with Crippen LogP contribution in [0.2, 0.25) is 0 Å². The fourth-order valence-corrected chi connectivity index (χ4v) is 1.66. The predicted molar refractivity (Wildman–Crippen MR) is 64.6 cm³/mol. The van der Waals surface area contributed by atoms with E-state index < -0.39 is 5.79 Å². The largest absolute Gasteiger partial charge is 0.378 e. The number of rotatable bonds is 2. The predicted octanol–water partition coefficient (Wildman–Crippen LogP) is 2.56. The van der Waals surface area contributed by atoms with Crippen molar-refractivity contribution in [1.29, 1.82) is 0 Å². The van der Waals surface area contributed by atoms with Crippen molar-refractivity contribution in [2.75, 3.05) is 18.5 Å². The molecule has 0 unspecified atom stereocenters. The Morgan fingerprint density at radius 3 is 2.25 bits per heavy atom. The van der Waals surface area contributed by atoms with Crippen molar-refractivity contribution < 1.29 is 9.47 Å². The normalized spacial score (nSPS) is 20.7. The van der Waals surface area contributed by atoms with E-state index in [1.165, 1.54) is 5.56 Å². The van der Waals surface area contributed by atoms with E-state index in [0.29, 0.717) is 13.2 Å². The molecule has 0 amide bonds. The molecule has 1 fully saturated rings. The number of aryl methyl sites for hydroxylation is 1. The Hall–Kier alpha value is -1.06. The molecule has 1 aromatic carbocycles. The van der Waals surface area contributed by atoms with Gasteiger partial charge in [-0.25, -0.2) is 0 Å². The molecule has 0 spiro atoms. The lowest BCUT2D eigenvalue weighted by Gasteiger charge is -2.35. The zero-order chi connectivity index (χ0) is 11.6. The first-order valence-electron chi connectivity index (χ1n) is 5.66. The Kier molecular flexibility index (Phi) is 3.17. The summed E-state index contributed by atoms with van der Waals surface area (Å²) in [5, 5.41) is 3.40. The van der Waals surface area contributed by atoms with E-state index >= 15 is 0 Å². The van der Waals surface area contributed by atoms with Gasteiger partial charge in [-0.2, -0.15) is 0 Å². The fraction of sp³-hybridized carbons (Fsp3) is 0.538. The molecule has 2 rings (SSSR count). The van der Waals surface area contributed by atoms with Crippen molar-refractivity contribution in [2.24, 2.45) is 0 Å². The second-order valence-corrected chi connectivity index (χ2v) is 4.73. The highest BCUT2D eigenvalue weighted by atomic mass is 16.7. The van der Waals surface area contributed by atoms with Crippen molar-refractivity contribution in [3.05, 3.63) is 29.8 Å². The maximum Gasteiger partial charge on any atom is 0.162 e. The lowest BCUT2D eigenvalue weighted by Crippen LogP contribution is -2.45. The first-order chi connectivity index (χ1) is 7.55. The summed E-state index contributed by atoms with van der Waals surface area (Å²) in [4.78, 5) is 0. The molecule has 0 aromatic heterocycles. The van der Waals surface area contributed by atoms with Crippen LogP contribution in [-0.2, 0) is 9.47 Å². The van der Waals surface area contributed by atoms with E-state index in [4.69, 9.17) is 9.47 Å². The minimum absolute atomic E-state index is 0.232. The van der Waals surface area contributed by atoms with Gasteiger partial charge in [0.2, 0.25) is 0 Å². The molecule has 1 aliphatic rings. The van der Waals surface area contributed by atoms with Gasteiger partial charge in [-0.05, 0) is 32.9 Å². The molecule has 1 saturated heterocycles. The Balaban J connectivity index is 1.89.